The Hall–Kier alpha value is -1.60. The van der Waals surface area contributed by atoms with E-state index < -0.39 is 11.6 Å². The molecular formula is C23H29F2N3OS. The Morgan fingerprint density at radius 1 is 1.10 bits per heavy atom. The van der Waals surface area contributed by atoms with Crippen molar-refractivity contribution in [2.75, 3.05) is 32.1 Å². The van der Waals surface area contributed by atoms with Crippen LogP contribution in [0, 0.1) is 34.8 Å². The topological polar surface area (TPSA) is 36.4 Å². The Morgan fingerprint density at radius 2 is 1.73 bits per heavy atom. The van der Waals surface area contributed by atoms with Crippen LogP contribution in [0.2, 0.25) is 0 Å². The van der Waals surface area contributed by atoms with E-state index in [0.717, 1.165) is 38.3 Å². The molecule has 0 spiro atoms. The molecular weight excluding hydrogens is 404 g/mol. The van der Waals surface area contributed by atoms with Crippen LogP contribution in [0.25, 0.3) is 10.2 Å². The monoisotopic (exact) mass is 433 g/mol. The van der Waals surface area contributed by atoms with Gasteiger partial charge in [0.15, 0.2) is 10.9 Å². The van der Waals surface area contributed by atoms with Crippen molar-refractivity contribution in [2.45, 2.75) is 44.9 Å². The third-order valence-electron chi connectivity index (χ3n) is 7.36. The number of aromatic nitrogens is 1. The molecule has 0 radical (unpaired) electrons. The molecule has 4 fully saturated rings. The van der Waals surface area contributed by atoms with Crippen molar-refractivity contribution < 1.29 is 13.6 Å². The van der Waals surface area contributed by atoms with Crippen LogP contribution in [-0.2, 0) is 4.79 Å². The second-order valence-electron chi connectivity index (χ2n) is 10.0. The SMILES string of the molecule is CN(C)CCCN(C(=O)C12CC3CC(CC(C3)C1)C2)c1nc2c(F)cc(F)cc2s1. The van der Waals surface area contributed by atoms with Gasteiger partial charge in [0.2, 0.25) is 5.91 Å². The van der Waals surface area contributed by atoms with Gasteiger partial charge in [-0.1, -0.05) is 11.3 Å². The van der Waals surface area contributed by atoms with E-state index in [-0.39, 0.29) is 16.8 Å². The number of amides is 1. The zero-order valence-electron chi connectivity index (χ0n) is 17.7. The van der Waals surface area contributed by atoms with Crippen molar-refractivity contribution in [2.24, 2.45) is 23.2 Å². The number of rotatable bonds is 6. The maximum absolute atomic E-state index is 14.3. The third-order valence-corrected chi connectivity index (χ3v) is 8.38. The number of benzene rings is 1. The number of hydrogen-bond donors (Lipinski definition) is 0. The minimum Gasteiger partial charge on any atom is -0.309 e. The molecule has 0 N–H and O–H groups in total. The van der Waals surface area contributed by atoms with E-state index in [1.807, 2.05) is 14.1 Å². The molecule has 30 heavy (non-hydrogen) atoms. The fraction of sp³-hybridized carbons (Fsp3) is 0.652. The first kappa shape index (κ1) is 20.3. The summed E-state index contributed by atoms with van der Waals surface area (Å²) in [6.07, 6.45) is 7.59. The van der Waals surface area contributed by atoms with Gasteiger partial charge in [0.05, 0.1) is 10.1 Å². The van der Waals surface area contributed by atoms with Crippen LogP contribution in [0.4, 0.5) is 13.9 Å². The molecule has 0 aliphatic heterocycles. The van der Waals surface area contributed by atoms with Gasteiger partial charge in [-0.2, -0.15) is 0 Å². The zero-order chi connectivity index (χ0) is 21.0. The Balaban J connectivity index is 1.49. The van der Waals surface area contributed by atoms with Crippen LogP contribution in [-0.4, -0.2) is 43.0 Å². The second-order valence-corrected chi connectivity index (χ2v) is 11.1. The van der Waals surface area contributed by atoms with E-state index in [0.29, 0.717) is 34.1 Å². The van der Waals surface area contributed by atoms with Gasteiger partial charge < -0.3 is 4.90 Å². The molecule has 1 amide bonds. The molecule has 4 aliphatic rings. The molecule has 162 valence electrons. The Kier molecular flexibility index (Phi) is 5.09. The highest BCUT2D eigenvalue weighted by Gasteiger charge is 2.56. The normalized spacial score (nSPS) is 29.8. The second kappa shape index (κ2) is 7.52. The van der Waals surface area contributed by atoms with Crippen molar-refractivity contribution in [3.8, 4) is 0 Å². The fourth-order valence-corrected chi connectivity index (χ4v) is 7.58. The van der Waals surface area contributed by atoms with Crippen molar-refractivity contribution >= 4 is 32.6 Å². The van der Waals surface area contributed by atoms with Gasteiger partial charge in [-0.05, 0) is 89.4 Å². The molecule has 7 heteroatoms. The molecule has 1 aromatic carbocycles. The number of hydrogen-bond acceptors (Lipinski definition) is 4. The number of carbonyl (C=O) groups excluding carboxylic acids is 1. The van der Waals surface area contributed by atoms with Gasteiger partial charge in [-0.15, -0.1) is 0 Å². The zero-order valence-corrected chi connectivity index (χ0v) is 18.5. The van der Waals surface area contributed by atoms with Crippen molar-refractivity contribution in [3.05, 3.63) is 23.8 Å². The van der Waals surface area contributed by atoms with Crippen LogP contribution < -0.4 is 4.90 Å². The summed E-state index contributed by atoms with van der Waals surface area (Å²) in [6.45, 7) is 1.42. The molecule has 6 rings (SSSR count). The van der Waals surface area contributed by atoms with Crippen LogP contribution in [0.15, 0.2) is 12.1 Å². The average Bonchev–Trinajstić information content (AvgIpc) is 3.07. The predicted molar refractivity (Wildman–Crippen MR) is 116 cm³/mol. The van der Waals surface area contributed by atoms with Gasteiger partial charge in [0, 0.05) is 12.6 Å². The quantitative estimate of drug-likeness (QED) is 0.638. The van der Waals surface area contributed by atoms with Crippen LogP contribution in [0.1, 0.15) is 44.9 Å². The first-order chi connectivity index (χ1) is 14.3. The van der Waals surface area contributed by atoms with Crippen LogP contribution in [0.3, 0.4) is 0 Å². The number of carbonyl (C=O) groups is 1. The molecule has 2 aromatic rings. The predicted octanol–water partition coefficient (Wildman–Crippen LogP) is 5.08. The number of thiazole rings is 1. The Labute approximate surface area is 180 Å². The molecule has 0 atom stereocenters. The summed E-state index contributed by atoms with van der Waals surface area (Å²) < 4.78 is 28.5. The van der Waals surface area contributed by atoms with E-state index in [1.165, 1.54) is 36.7 Å². The van der Waals surface area contributed by atoms with E-state index in [4.69, 9.17) is 0 Å². The summed E-state index contributed by atoms with van der Waals surface area (Å²) in [5, 5.41) is 0.508. The summed E-state index contributed by atoms with van der Waals surface area (Å²) in [5.74, 6) is 0.909. The van der Waals surface area contributed by atoms with Gasteiger partial charge in [-0.3, -0.25) is 9.69 Å². The van der Waals surface area contributed by atoms with Crippen LogP contribution in [0.5, 0.6) is 0 Å². The highest BCUT2D eigenvalue weighted by atomic mass is 32.1. The number of fused-ring (bicyclic) bond motifs is 1. The highest BCUT2D eigenvalue weighted by molar-refractivity contribution is 7.22. The van der Waals surface area contributed by atoms with Gasteiger partial charge in [0.1, 0.15) is 11.3 Å². The molecule has 0 unspecified atom stereocenters. The highest BCUT2D eigenvalue weighted by Crippen LogP contribution is 2.60. The Bertz CT molecular complexity index is 937. The number of anilines is 1. The first-order valence-corrected chi connectivity index (χ1v) is 11.9. The smallest absolute Gasteiger partial charge is 0.235 e. The lowest BCUT2D eigenvalue weighted by atomic mass is 9.49. The third kappa shape index (κ3) is 3.54. The lowest BCUT2D eigenvalue weighted by molar-refractivity contribution is -0.143. The van der Waals surface area contributed by atoms with Gasteiger partial charge in [-0.25, -0.2) is 13.8 Å². The fourth-order valence-electron chi connectivity index (χ4n) is 6.55. The van der Waals surface area contributed by atoms with E-state index in [9.17, 15) is 13.6 Å². The van der Waals surface area contributed by atoms with Crippen molar-refractivity contribution in [1.82, 2.24) is 9.88 Å². The lowest BCUT2D eigenvalue weighted by Crippen LogP contribution is -2.55. The first-order valence-electron chi connectivity index (χ1n) is 11.1. The van der Waals surface area contributed by atoms with Gasteiger partial charge in [0.25, 0.3) is 0 Å². The minimum absolute atomic E-state index is 0.160. The van der Waals surface area contributed by atoms with Crippen molar-refractivity contribution in [3.63, 3.8) is 0 Å². The van der Waals surface area contributed by atoms with Crippen molar-refractivity contribution in [1.29, 1.82) is 0 Å². The lowest BCUT2D eigenvalue weighted by Gasteiger charge is -2.56. The molecule has 1 heterocycles. The standard InChI is InChI=1S/C23H29F2N3OS/c1-27(2)4-3-5-28(22-26-20-18(25)9-17(24)10-19(20)30-22)21(29)23-11-14-6-15(12-23)8-16(7-14)13-23/h9-10,14-16H,3-8,11-13H2,1-2H3. The molecule has 4 nitrogen and oxygen atoms in total. The molecule has 4 bridgehead atoms. The maximum Gasteiger partial charge on any atom is 0.235 e. The number of nitrogens with zero attached hydrogens (tertiary/aromatic N) is 3. The maximum atomic E-state index is 14.3. The summed E-state index contributed by atoms with van der Waals surface area (Å²) in [7, 11) is 4.03. The van der Waals surface area contributed by atoms with E-state index in [2.05, 4.69) is 9.88 Å². The summed E-state index contributed by atoms with van der Waals surface area (Å²) in [6, 6.07) is 2.18. The number of halogens is 2. The molecule has 4 aliphatic carbocycles. The molecule has 0 saturated heterocycles. The summed E-state index contributed by atoms with van der Waals surface area (Å²) >= 11 is 1.23. The van der Waals surface area contributed by atoms with E-state index in [1.54, 1.807) is 4.90 Å². The molecule has 4 saturated carbocycles. The summed E-state index contributed by atoms with van der Waals surface area (Å²) in [5.41, 5.74) is -0.124. The average molecular weight is 434 g/mol. The van der Waals surface area contributed by atoms with Crippen LogP contribution >= 0.6 is 11.3 Å². The van der Waals surface area contributed by atoms with E-state index >= 15 is 0 Å². The van der Waals surface area contributed by atoms with Gasteiger partial charge >= 0.3 is 0 Å². The largest absolute Gasteiger partial charge is 0.309 e. The minimum atomic E-state index is -0.664. The summed E-state index contributed by atoms with van der Waals surface area (Å²) in [4.78, 5) is 22.4. The Morgan fingerprint density at radius 3 is 2.33 bits per heavy atom. The molecule has 1 aromatic heterocycles.